The number of carbonyl (C=O) groups excluding carboxylic acids is 2. The topological polar surface area (TPSA) is 90.7 Å². The molecule has 7 nitrogen and oxygen atoms in total. The molecule has 0 saturated carbocycles. The smallest absolute Gasteiger partial charge is 0.317 e. The highest BCUT2D eigenvalue weighted by molar-refractivity contribution is 5.76. The first-order valence-corrected chi connectivity index (χ1v) is 6.92. The molecule has 19 heavy (non-hydrogen) atoms. The summed E-state index contributed by atoms with van der Waals surface area (Å²) in [4.78, 5) is 26.6. The van der Waals surface area contributed by atoms with Gasteiger partial charge in [0.1, 0.15) is 0 Å². The Morgan fingerprint density at radius 3 is 2.68 bits per heavy atom. The number of amides is 3. The van der Waals surface area contributed by atoms with E-state index in [1.54, 1.807) is 4.90 Å². The molecule has 2 aliphatic heterocycles. The van der Waals surface area contributed by atoms with E-state index in [9.17, 15) is 9.59 Å². The van der Waals surface area contributed by atoms with E-state index in [4.69, 9.17) is 5.73 Å². The fourth-order valence-electron chi connectivity index (χ4n) is 2.74. The van der Waals surface area contributed by atoms with Crippen LogP contribution in [0.3, 0.4) is 0 Å². The van der Waals surface area contributed by atoms with E-state index in [-0.39, 0.29) is 18.5 Å². The molecule has 2 aliphatic rings. The fourth-order valence-corrected chi connectivity index (χ4v) is 2.74. The molecule has 0 spiro atoms. The molecular weight excluding hydrogens is 246 g/mol. The van der Waals surface area contributed by atoms with E-state index < -0.39 is 0 Å². The van der Waals surface area contributed by atoms with Crippen LogP contribution in [0.15, 0.2) is 0 Å². The van der Waals surface area contributed by atoms with E-state index in [2.05, 4.69) is 15.5 Å². The Morgan fingerprint density at radius 1 is 1.37 bits per heavy atom. The Balaban J connectivity index is 1.85. The highest BCUT2D eigenvalue weighted by Gasteiger charge is 2.25. The first-order chi connectivity index (χ1) is 9.16. The average Bonchev–Trinajstić information content (AvgIpc) is 2.81. The van der Waals surface area contributed by atoms with Gasteiger partial charge in [-0.05, 0) is 25.9 Å². The number of piperidine rings is 1. The zero-order valence-electron chi connectivity index (χ0n) is 11.2. The number of nitrogens with zero attached hydrogens (tertiary/aromatic N) is 2. The Morgan fingerprint density at radius 2 is 2.11 bits per heavy atom. The van der Waals surface area contributed by atoms with Gasteiger partial charge < -0.3 is 21.3 Å². The largest absolute Gasteiger partial charge is 0.369 e. The molecular formula is C12H23N5O2. The van der Waals surface area contributed by atoms with Crippen LogP contribution in [0.1, 0.15) is 12.8 Å². The lowest BCUT2D eigenvalue weighted by Crippen LogP contribution is -2.49. The Bertz CT molecular complexity index is 330. The van der Waals surface area contributed by atoms with Gasteiger partial charge in [0.15, 0.2) is 0 Å². The van der Waals surface area contributed by atoms with Gasteiger partial charge in [-0.2, -0.15) is 0 Å². The number of urea groups is 1. The molecule has 0 aromatic carbocycles. The molecule has 0 aromatic rings. The SMILES string of the molecule is NC(=O)CN(CCN1CCNC1=O)C1CCNCC1. The minimum absolute atomic E-state index is 0.00987. The second-order valence-electron chi connectivity index (χ2n) is 5.14. The third-order valence-corrected chi connectivity index (χ3v) is 3.79. The number of nitrogens with one attached hydrogen (secondary N) is 2. The van der Waals surface area contributed by atoms with Gasteiger partial charge in [0.2, 0.25) is 5.91 Å². The van der Waals surface area contributed by atoms with Gasteiger partial charge in [-0.15, -0.1) is 0 Å². The quantitative estimate of drug-likeness (QED) is 0.550. The van der Waals surface area contributed by atoms with Crippen molar-refractivity contribution in [3.8, 4) is 0 Å². The Kier molecular flexibility index (Phi) is 4.98. The van der Waals surface area contributed by atoms with Crippen LogP contribution in [0, 0.1) is 0 Å². The lowest BCUT2D eigenvalue weighted by Gasteiger charge is -2.34. The van der Waals surface area contributed by atoms with Crippen molar-refractivity contribution in [2.24, 2.45) is 5.73 Å². The van der Waals surface area contributed by atoms with Crippen molar-refractivity contribution in [2.75, 3.05) is 45.8 Å². The second kappa shape index (κ2) is 6.72. The van der Waals surface area contributed by atoms with Crippen molar-refractivity contribution in [1.29, 1.82) is 0 Å². The van der Waals surface area contributed by atoms with Crippen LogP contribution in [0.2, 0.25) is 0 Å². The van der Waals surface area contributed by atoms with Crippen LogP contribution in [0.25, 0.3) is 0 Å². The zero-order chi connectivity index (χ0) is 13.7. The molecule has 0 unspecified atom stereocenters. The number of rotatable bonds is 6. The molecule has 2 heterocycles. The lowest BCUT2D eigenvalue weighted by atomic mass is 10.0. The Hall–Kier alpha value is -1.34. The molecule has 2 saturated heterocycles. The number of nitrogens with two attached hydrogens (primary N) is 1. The van der Waals surface area contributed by atoms with Gasteiger partial charge in [0.05, 0.1) is 6.54 Å². The highest BCUT2D eigenvalue weighted by atomic mass is 16.2. The van der Waals surface area contributed by atoms with Crippen LogP contribution >= 0.6 is 0 Å². The average molecular weight is 269 g/mol. The monoisotopic (exact) mass is 269 g/mol. The predicted octanol–water partition coefficient (Wildman–Crippen LogP) is -1.45. The van der Waals surface area contributed by atoms with Crippen molar-refractivity contribution in [1.82, 2.24) is 20.4 Å². The van der Waals surface area contributed by atoms with E-state index in [0.29, 0.717) is 25.7 Å². The summed E-state index contributed by atoms with van der Waals surface area (Å²) in [6, 6.07) is 0.378. The summed E-state index contributed by atoms with van der Waals surface area (Å²) in [6.07, 6.45) is 2.05. The van der Waals surface area contributed by atoms with Gasteiger partial charge >= 0.3 is 6.03 Å². The van der Waals surface area contributed by atoms with Crippen molar-refractivity contribution < 1.29 is 9.59 Å². The van der Waals surface area contributed by atoms with Crippen LogP contribution in [-0.4, -0.2) is 73.6 Å². The molecule has 3 amide bonds. The molecule has 4 N–H and O–H groups in total. The molecule has 2 rings (SSSR count). The summed E-state index contributed by atoms with van der Waals surface area (Å²) < 4.78 is 0. The third-order valence-electron chi connectivity index (χ3n) is 3.79. The van der Waals surface area contributed by atoms with E-state index in [1.165, 1.54) is 0 Å². The van der Waals surface area contributed by atoms with Gasteiger partial charge in [0.25, 0.3) is 0 Å². The maximum Gasteiger partial charge on any atom is 0.317 e. The van der Waals surface area contributed by atoms with E-state index >= 15 is 0 Å². The van der Waals surface area contributed by atoms with Crippen molar-refractivity contribution in [2.45, 2.75) is 18.9 Å². The number of carbonyl (C=O) groups is 2. The third kappa shape index (κ3) is 4.07. The first-order valence-electron chi connectivity index (χ1n) is 6.92. The van der Waals surface area contributed by atoms with Crippen molar-refractivity contribution >= 4 is 11.9 Å². The number of hydrogen-bond acceptors (Lipinski definition) is 4. The number of primary amides is 1. The minimum Gasteiger partial charge on any atom is -0.369 e. The van der Waals surface area contributed by atoms with Crippen LogP contribution in [0.4, 0.5) is 4.79 Å². The summed E-state index contributed by atoms with van der Waals surface area (Å²) in [6.45, 7) is 5.05. The molecule has 7 heteroatoms. The van der Waals surface area contributed by atoms with Crippen molar-refractivity contribution in [3.05, 3.63) is 0 Å². The summed E-state index contributed by atoms with van der Waals surface area (Å²) in [5, 5.41) is 6.09. The summed E-state index contributed by atoms with van der Waals surface area (Å²) in [7, 11) is 0. The summed E-state index contributed by atoms with van der Waals surface area (Å²) in [5.74, 6) is -0.301. The Labute approximate surface area is 113 Å². The maximum absolute atomic E-state index is 11.5. The zero-order valence-corrected chi connectivity index (χ0v) is 11.2. The molecule has 108 valence electrons. The van der Waals surface area contributed by atoms with E-state index in [0.717, 1.165) is 32.5 Å². The van der Waals surface area contributed by atoms with Crippen LogP contribution in [0.5, 0.6) is 0 Å². The molecule has 0 radical (unpaired) electrons. The molecule has 0 bridgehead atoms. The van der Waals surface area contributed by atoms with Crippen LogP contribution < -0.4 is 16.4 Å². The first kappa shape index (κ1) is 14.1. The maximum atomic E-state index is 11.5. The summed E-state index contributed by atoms with van der Waals surface area (Å²) in [5.41, 5.74) is 5.32. The summed E-state index contributed by atoms with van der Waals surface area (Å²) >= 11 is 0. The molecule has 2 fully saturated rings. The van der Waals surface area contributed by atoms with Gasteiger partial charge in [-0.3, -0.25) is 9.69 Å². The van der Waals surface area contributed by atoms with Crippen LogP contribution in [-0.2, 0) is 4.79 Å². The van der Waals surface area contributed by atoms with Crippen molar-refractivity contribution in [3.63, 3.8) is 0 Å². The second-order valence-corrected chi connectivity index (χ2v) is 5.14. The van der Waals surface area contributed by atoms with Gasteiger partial charge in [-0.1, -0.05) is 0 Å². The lowest BCUT2D eigenvalue weighted by molar-refractivity contribution is -0.119. The van der Waals surface area contributed by atoms with Gasteiger partial charge in [0, 0.05) is 32.2 Å². The highest BCUT2D eigenvalue weighted by Crippen LogP contribution is 2.11. The normalized spacial score (nSPS) is 20.9. The molecule has 0 aliphatic carbocycles. The van der Waals surface area contributed by atoms with Gasteiger partial charge in [-0.25, -0.2) is 4.79 Å². The predicted molar refractivity (Wildman–Crippen MR) is 71.6 cm³/mol. The number of hydrogen-bond donors (Lipinski definition) is 3. The molecule has 0 aromatic heterocycles. The minimum atomic E-state index is -0.301. The van der Waals surface area contributed by atoms with E-state index in [1.807, 2.05) is 0 Å². The standard InChI is InChI=1S/C12H23N5O2/c13-11(18)9-17(10-1-3-14-4-2-10)8-7-16-6-5-15-12(16)19/h10,14H,1-9H2,(H2,13,18)(H,15,19). The fraction of sp³-hybridized carbons (Fsp3) is 0.833. The molecule has 0 atom stereocenters.